The molecule has 1 fully saturated rings. The summed E-state index contributed by atoms with van der Waals surface area (Å²) in [7, 11) is 1.77. The Morgan fingerprint density at radius 1 is 1.16 bits per heavy atom. The maximum atomic E-state index is 6.08. The third kappa shape index (κ3) is 9.04. The van der Waals surface area contributed by atoms with E-state index in [0.29, 0.717) is 32.9 Å². The second kappa shape index (κ2) is 14.3. The van der Waals surface area contributed by atoms with E-state index in [-0.39, 0.29) is 30.1 Å². The summed E-state index contributed by atoms with van der Waals surface area (Å²) in [6.07, 6.45) is 2.40. The highest BCUT2D eigenvalue weighted by molar-refractivity contribution is 14.0. The molecule has 6 nitrogen and oxygen atoms in total. The van der Waals surface area contributed by atoms with Crippen molar-refractivity contribution < 1.29 is 14.2 Å². The van der Waals surface area contributed by atoms with Crippen molar-refractivity contribution in [3.05, 3.63) is 65.2 Å². The lowest BCUT2D eigenvalue weighted by molar-refractivity contribution is 0.0676. The van der Waals surface area contributed by atoms with Gasteiger partial charge >= 0.3 is 0 Å². The third-order valence-corrected chi connectivity index (χ3v) is 4.99. The van der Waals surface area contributed by atoms with Crippen molar-refractivity contribution in [2.75, 3.05) is 33.4 Å². The van der Waals surface area contributed by atoms with Crippen molar-refractivity contribution in [3.63, 3.8) is 0 Å². The van der Waals surface area contributed by atoms with E-state index in [4.69, 9.17) is 14.2 Å². The summed E-state index contributed by atoms with van der Waals surface area (Å²) in [5, 5.41) is 6.64. The van der Waals surface area contributed by atoms with Gasteiger partial charge in [0.15, 0.2) is 5.96 Å². The monoisotopic (exact) mass is 539 g/mol. The lowest BCUT2D eigenvalue weighted by Gasteiger charge is -2.17. The molecule has 0 aromatic heterocycles. The van der Waals surface area contributed by atoms with E-state index in [1.807, 2.05) is 18.2 Å². The highest BCUT2D eigenvalue weighted by Crippen LogP contribution is 2.22. The number of nitrogens with zero attached hydrogens (tertiary/aromatic N) is 1. The van der Waals surface area contributed by atoms with Gasteiger partial charge in [-0.2, -0.15) is 0 Å². The van der Waals surface area contributed by atoms with Crippen molar-refractivity contribution >= 4 is 29.9 Å². The summed E-state index contributed by atoms with van der Waals surface area (Å²) >= 11 is 0. The number of benzene rings is 2. The van der Waals surface area contributed by atoms with Crippen LogP contribution in [-0.4, -0.2) is 45.5 Å². The molecule has 2 aromatic carbocycles. The largest absolute Gasteiger partial charge is 0.491 e. The van der Waals surface area contributed by atoms with Crippen LogP contribution in [-0.2, 0) is 22.6 Å². The number of ether oxygens (including phenoxy) is 3. The molecule has 3 rings (SSSR count). The molecule has 31 heavy (non-hydrogen) atoms. The van der Waals surface area contributed by atoms with E-state index >= 15 is 0 Å². The van der Waals surface area contributed by atoms with Crippen LogP contribution in [0.15, 0.2) is 53.5 Å². The molecule has 1 aliphatic rings. The molecule has 0 radical (unpaired) electrons. The summed E-state index contributed by atoms with van der Waals surface area (Å²) in [5.74, 6) is 1.64. The molecule has 1 aliphatic heterocycles. The first kappa shape index (κ1) is 25.4. The van der Waals surface area contributed by atoms with Crippen molar-refractivity contribution in [3.8, 4) is 5.75 Å². The summed E-state index contributed by atoms with van der Waals surface area (Å²) in [5.41, 5.74) is 3.45. The van der Waals surface area contributed by atoms with E-state index in [0.717, 1.165) is 36.7 Å². The normalized spacial score (nSPS) is 15.9. The summed E-state index contributed by atoms with van der Waals surface area (Å²) in [6, 6.07) is 16.5. The number of hydrogen-bond acceptors (Lipinski definition) is 4. The molecule has 2 N–H and O–H groups in total. The molecule has 0 spiro atoms. The molecule has 2 aromatic rings. The predicted octanol–water partition coefficient (Wildman–Crippen LogP) is 4.05. The first-order valence-electron chi connectivity index (χ1n) is 10.6. The number of aliphatic imine (C=N–C) groups is 1. The molecule has 0 saturated carbocycles. The Kier molecular flexibility index (Phi) is 11.7. The zero-order valence-corrected chi connectivity index (χ0v) is 20.8. The number of nitrogens with one attached hydrogen (secondary N) is 2. The maximum Gasteiger partial charge on any atom is 0.191 e. The standard InChI is InChI=1S/C24H33N3O3.HI/c1-19-10-11-21(23(15-19)30-18-22-9-6-13-29-22)16-27-24(25-2)26-12-14-28-17-20-7-4-3-5-8-20;/h3-5,7-8,10-11,15,22H,6,9,12-14,16-18H2,1-2H3,(H2,25,26,27);1H. The lowest BCUT2D eigenvalue weighted by atomic mass is 10.1. The van der Waals surface area contributed by atoms with Crippen molar-refractivity contribution in [1.29, 1.82) is 0 Å². The van der Waals surface area contributed by atoms with Crippen LogP contribution in [0.4, 0.5) is 0 Å². The van der Waals surface area contributed by atoms with Gasteiger partial charge in [0, 0.05) is 32.3 Å². The molecule has 0 aliphatic carbocycles. The fraction of sp³-hybridized carbons (Fsp3) is 0.458. The highest BCUT2D eigenvalue weighted by Gasteiger charge is 2.17. The molecular weight excluding hydrogens is 505 g/mol. The number of halogens is 1. The van der Waals surface area contributed by atoms with Gasteiger partial charge in [-0.25, -0.2) is 0 Å². The zero-order chi connectivity index (χ0) is 21.0. The molecule has 1 atom stereocenters. The minimum absolute atomic E-state index is 0. The average molecular weight is 539 g/mol. The van der Waals surface area contributed by atoms with Crippen LogP contribution in [0, 0.1) is 6.92 Å². The van der Waals surface area contributed by atoms with Gasteiger partial charge in [-0.15, -0.1) is 24.0 Å². The van der Waals surface area contributed by atoms with E-state index in [2.05, 4.69) is 52.9 Å². The van der Waals surface area contributed by atoms with Crippen LogP contribution in [0.3, 0.4) is 0 Å². The van der Waals surface area contributed by atoms with Crippen LogP contribution in [0.1, 0.15) is 29.5 Å². The van der Waals surface area contributed by atoms with Crippen LogP contribution >= 0.6 is 24.0 Å². The Hall–Kier alpha value is -1.84. The molecular formula is C24H34IN3O3. The van der Waals surface area contributed by atoms with Gasteiger partial charge < -0.3 is 24.8 Å². The van der Waals surface area contributed by atoms with Crippen molar-refractivity contribution in [2.24, 2.45) is 4.99 Å². The summed E-state index contributed by atoms with van der Waals surface area (Å²) in [6.45, 7) is 6.05. The van der Waals surface area contributed by atoms with Crippen LogP contribution in [0.25, 0.3) is 0 Å². The molecule has 0 bridgehead atoms. The number of rotatable bonds is 10. The quantitative estimate of drug-likeness (QED) is 0.207. The second-order valence-corrected chi connectivity index (χ2v) is 7.45. The summed E-state index contributed by atoms with van der Waals surface area (Å²) < 4.78 is 17.5. The van der Waals surface area contributed by atoms with Gasteiger partial charge in [0.1, 0.15) is 12.4 Å². The number of hydrogen-bond donors (Lipinski definition) is 2. The first-order chi connectivity index (χ1) is 14.7. The fourth-order valence-corrected chi connectivity index (χ4v) is 3.31. The van der Waals surface area contributed by atoms with Gasteiger partial charge in [0.25, 0.3) is 0 Å². The summed E-state index contributed by atoms with van der Waals surface area (Å²) in [4.78, 5) is 4.29. The lowest BCUT2D eigenvalue weighted by Crippen LogP contribution is -2.38. The Morgan fingerprint density at radius 3 is 2.74 bits per heavy atom. The number of aryl methyl sites for hydroxylation is 1. The SMILES string of the molecule is CN=C(NCCOCc1ccccc1)NCc1ccc(C)cc1OCC1CCCO1.I. The molecule has 0 amide bonds. The predicted molar refractivity (Wildman–Crippen MR) is 135 cm³/mol. The second-order valence-electron chi connectivity index (χ2n) is 7.45. The van der Waals surface area contributed by atoms with Gasteiger partial charge in [-0.3, -0.25) is 4.99 Å². The minimum atomic E-state index is 0. The number of guanidine groups is 1. The smallest absolute Gasteiger partial charge is 0.191 e. The Morgan fingerprint density at radius 2 is 2.00 bits per heavy atom. The average Bonchev–Trinajstić information content (AvgIpc) is 3.29. The van der Waals surface area contributed by atoms with Gasteiger partial charge in [-0.05, 0) is 37.0 Å². The van der Waals surface area contributed by atoms with E-state index in [1.165, 1.54) is 11.1 Å². The highest BCUT2D eigenvalue weighted by atomic mass is 127. The van der Waals surface area contributed by atoms with Gasteiger partial charge in [-0.1, -0.05) is 42.5 Å². The Labute approximate surface area is 202 Å². The van der Waals surface area contributed by atoms with Crippen LogP contribution < -0.4 is 15.4 Å². The van der Waals surface area contributed by atoms with E-state index in [9.17, 15) is 0 Å². The molecule has 7 heteroatoms. The third-order valence-electron chi connectivity index (χ3n) is 4.99. The van der Waals surface area contributed by atoms with Gasteiger partial charge in [0.2, 0.25) is 0 Å². The molecule has 1 saturated heterocycles. The molecule has 1 unspecified atom stereocenters. The Balaban J connectivity index is 0.00000341. The van der Waals surface area contributed by atoms with Crippen molar-refractivity contribution in [2.45, 2.75) is 39.0 Å². The Bertz CT molecular complexity index is 796. The van der Waals surface area contributed by atoms with Crippen molar-refractivity contribution in [1.82, 2.24) is 10.6 Å². The molecule has 170 valence electrons. The van der Waals surface area contributed by atoms with Gasteiger partial charge in [0.05, 0.1) is 19.3 Å². The first-order valence-corrected chi connectivity index (χ1v) is 10.6. The zero-order valence-electron chi connectivity index (χ0n) is 18.4. The van der Waals surface area contributed by atoms with E-state index < -0.39 is 0 Å². The topological polar surface area (TPSA) is 64.1 Å². The molecule has 1 heterocycles. The fourth-order valence-electron chi connectivity index (χ4n) is 3.31. The van der Waals surface area contributed by atoms with Crippen LogP contribution in [0.2, 0.25) is 0 Å². The van der Waals surface area contributed by atoms with E-state index in [1.54, 1.807) is 7.05 Å². The minimum Gasteiger partial charge on any atom is -0.491 e. The van der Waals surface area contributed by atoms with Crippen LogP contribution in [0.5, 0.6) is 5.75 Å². The maximum absolute atomic E-state index is 6.08.